The minimum absolute atomic E-state index is 0.0599. The molecular weight excluding hydrogens is 593 g/mol. The van der Waals surface area contributed by atoms with Crippen LogP contribution in [0.2, 0.25) is 0 Å². The smallest absolute Gasteiger partial charge is 0.293 e. The van der Waals surface area contributed by atoms with Gasteiger partial charge in [0.15, 0.2) is 17.5 Å². The van der Waals surface area contributed by atoms with E-state index < -0.39 is 11.7 Å². The number of rotatable bonds is 8. The predicted molar refractivity (Wildman–Crippen MR) is 174 cm³/mol. The van der Waals surface area contributed by atoms with Gasteiger partial charge in [-0.15, -0.1) is 11.3 Å². The molecule has 0 spiro atoms. The number of pyridine rings is 1. The SMILES string of the molecule is CCN1CCN(CC)C(c2ccc(Nc3nc(-c4ccc(F)c(NC(=O)c5cc6c(s5)CCCC6)n4)cn(C)c3=O)cc2)C1=O. The van der Waals surface area contributed by atoms with E-state index in [1.807, 2.05) is 42.2 Å². The van der Waals surface area contributed by atoms with Crippen molar-refractivity contribution in [2.75, 3.05) is 36.8 Å². The Balaban J connectivity index is 1.22. The van der Waals surface area contributed by atoms with E-state index in [1.165, 1.54) is 44.7 Å². The first-order valence-corrected chi connectivity index (χ1v) is 16.1. The van der Waals surface area contributed by atoms with Gasteiger partial charge in [0.05, 0.1) is 10.6 Å². The molecule has 0 bridgehead atoms. The first-order valence-electron chi connectivity index (χ1n) is 15.3. The molecule has 0 saturated carbocycles. The third-order valence-electron chi connectivity index (χ3n) is 8.48. The summed E-state index contributed by atoms with van der Waals surface area (Å²) in [6.07, 6.45) is 5.65. The molecule has 1 unspecified atom stereocenters. The van der Waals surface area contributed by atoms with Gasteiger partial charge in [-0.3, -0.25) is 19.3 Å². The van der Waals surface area contributed by atoms with Crippen LogP contribution in [0.3, 0.4) is 0 Å². The van der Waals surface area contributed by atoms with Gasteiger partial charge >= 0.3 is 0 Å². The Bertz CT molecular complexity index is 1780. The lowest BCUT2D eigenvalue weighted by Gasteiger charge is -2.40. The summed E-state index contributed by atoms with van der Waals surface area (Å²) in [5, 5.41) is 5.71. The molecular formula is C33H36FN7O3S. The Morgan fingerprint density at radius 2 is 1.73 bits per heavy atom. The molecule has 1 aliphatic heterocycles. The lowest BCUT2D eigenvalue weighted by Crippen LogP contribution is -2.51. The van der Waals surface area contributed by atoms with Crippen LogP contribution in [0.1, 0.15) is 58.4 Å². The minimum atomic E-state index is -0.670. The molecule has 10 nitrogen and oxygen atoms in total. The van der Waals surface area contributed by atoms with E-state index in [4.69, 9.17) is 0 Å². The Morgan fingerprint density at radius 1 is 0.978 bits per heavy atom. The molecule has 234 valence electrons. The predicted octanol–water partition coefficient (Wildman–Crippen LogP) is 5.14. The van der Waals surface area contributed by atoms with Crippen LogP contribution in [0.5, 0.6) is 0 Å². The Morgan fingerprint density at radius 3 is 2.47 bits per heavy atom. The number of piperazine rings is 1. The molecule has 12 heteroatoms. The summed E-state index contributed by atoms with van der Waals surface area (Å²) >= 11 is 1.44. The maximum atomic E-state index is 14.8. The van der Waals surface area contributed by atoms with Gasteiger partial charge in [0.2, 0.25) is 5.91 Å². The van der Waals surface area contributed by atoms with Crippen molar-refractivity contribution in [1.82, 2.24) is 24.3 Å². The van der Waals surface area contributed by atoms with Gasteiger partial charge in [0.1, 0.15) is 11.7 Å². The van der Waals surface area contributed by atoms with Gasteiger partial charge in [-0.05, 0) is 80.6 Å². The second-order valence-electron chi connectivity index (χ2n) is 11.3. The first-order chi connectivity index (χ1) is 21.7. The fourth-order valence-corrected chi connectivity index (χ4v) is 7.12. The quantitative estimate of drug-likeness (QED) is 0.278. The lowest BCUT2D eigenvalue weighted by molar-refractivity contribution is -0.141. The maximum absolute atomic E-state index is 14.8. The fourth-order valence-electron chi connectivity index (χ4n) is 5.97. The number of aromatic nitrogens is 3. The third-order valence-corrected chi connectivity index (χ3v) is 9.71. The maximum Gasteiger partial charge on any atom is 0.293 e. The number of amides is 2. The summed E-state index contributed by atoms with van der Waals surface area (Å²) in [4.78, 5) is 53.8. The van der Waals surface area contributed by atoms with Gasteiger partial charge in [-0.2, -0.15) is 0 Å². The number of hydrogen-bond acceptors (Lipinski definition) is 8. The Kier molecular flexibility index (Phi) is 8.77. The molecule has 1 fully saturated rings. The number of fused-ring (bicyclic) bond motifs is 1. The Labute approximate surface area is 264 Å². The van der Waals surface area contributed by atoms with Crippen LogP contribution in [0, 0.1) is 5.82 Å². The van der Waals surface area contributed by atoms with Gasteiger partial charge in [0.25, 0.3) is 11.5 Å². The monoisotopic (exact) mass is 629 g/mol. The van der Waals surface area contributed by atoms with Gasteiger partial charge in [0, 0.05) is 43.4 Å². The average Bonchev–Trinajstić information content (AvgIpc) is 3.49. The number of nitrogens with one attached hydrogen (secondary N) is 2. The molecule has 1 aromatic carbocycles. The number of halogens is 1. The van der Waals surface area contributed by atoms with E-state index in [0.29, 0.717) is 28.5 Å². The van der Waals surface area contributed by atoms with Crippen LogP contribution in [0.4, 0.5) is 21.7 Å². The second kappa shape index (κ2) is 12.9. The number of hydrogen-bond donors (Lipinski definition) is 2. The van der Waals surface area contributed by atoms with Crippen LogP contribution in [0.15, 0.2) is 53.5 Å². The number of thiophene rings is 1. The van der Waals surface area contributed by atoms with Gasteiger partial charge in [-0.25, -0.2) is 14.4 Å². The van der Waals surface area contributed by atoms with Crippen molar-refractivity contribution in [3.8, 4) is 11.4 Å². The zero-order chi connectivity index (χ0) is 31.7. The lowest BCUT2D eigenvalue weighted by atomic mass is 9.99. The summed E-state index contributed by atoms with van der Waals surface area (Å²) in [6.45, 7) is 7.00. The molecule has 3 aromatic heterocycles. The van der Waals surface area contributed by atoms with Crippen LogP contribution in [-0.4, -0.2) is 62.3 Å². The summed E-state index contributed by atoms with van der Waals surface area (Å²) in [5.41, 5.74) is 2.95. The highest BCUT2D eigenvalue weighted by Gasteiger charge is 2.34. The molecule has 2 amide bonds. The summed E-state index contributed by atoms with van der Waals surface area (Å²) < 4.78 is 16.2. The number of anilines is 3. The second-order valence-corrected chi connectivity index (χ2v) is 12.5. The molecule has 2 N–H and O–H groups in total. The first kappa shape index (κ1) is 30.6. The van der Waals surface area contributed by atoms with E-state index in [2.05, 4.69) is 32.4 Å². The van der Waals surface area contributed by atoms with Crippen LogP contribution >= 0.6 is 11.3 Å². The number of benzene rings is 1. The standard InChI is InChI=1S/C33H36FN7O3S/c1-4-40-16-17-41(5-2)32(43)28(40)20-10-12-22(13-11-20)35-30-33(44)39(3)19-25(37-30)24-15-14-23(34)29(36-24)38-31(42)27-18-21-8-6-7-9-26(21)45-27/h10-15,18-19,28H,4-9,16-17H2,1-3H3,(H,35,37)(H,36,38,42). The van der Waals surface area contributed by atoms with Crippen LogP contribution in [-0.2, 0) is 24.7 Å². The van der Waals surface area contributed by atoms with E-state index in [-0.39, 0.29) is 29.1 Å². The molecule has 45 heavy (non-hydrogen) atoms. The highest BCUT2D eigenvalue weighted by molar-refractivity contribution is 7.14. The fraction of sp³-hybridized carbons (Fsp3) is 0.364. The number of aryl methyl sites for hydroxylation is 3. The number of carbonyl (C=O) groups excluding carboxylic acids is 2. The molecule has 1 aliphatic carbocycles. The molecule has 6 rings (SSSR count). The van der Waals surface area contributed by atoms with Crippen molar-refractivity contribution in [2.24, 2.45) is 7.05 Å². The van der Waals surface area contributed by atoms with E-state index in [1.54, 1.807) is 7.05 Å². The van der Waals surface area contributed by atoms with Crippen molar-refractivity contribution in [3.05, 3.63) is 85.7 Å². The largest absolute Gasteiger partial charge is 0.340 e. The average molecular weight is 630 g/mol. The number of nitrogens with zero attached hydrogens (tertiary/aromatic N) is 5. The van der Waals surface area contributed by atoms with Crippen molar-refractivity contribution < 1.29 is 14.0 Å². The van der Waals surface area contributed by atoms with Gasteiger partial charge in [-0.1, -0.05) is 19.1 Å². The highest BCUT2D eigenvalue weighted by Crippen LogP contribution is 2.31. The van der Waals surface area contributed by atoms with Crippen LogP contribution < -0.4 is 16.2 Å². The van der Waals surface area contributed by atoms with Crippen molar-refractivity contribution >= 4 is 40.5 Å². The van der Waals surface area contributed by atoms with Gasteiger partial charge < -0.3 is 20.1 Å². The van der Waals surface area contributed by atoms with E-state index in [9.17, 15) is 18.8 Å². The zero-order valence-corrected chi connectivity index (χ0v) is 26.4. The Hall–Kier alpha value is -4.42. The molecule has 4 aromatic rings. The summed E-state index contributed by atoms with van der Waals surface area (Å²) in [5.74, 6) is -1.13. The van der Waals surface area contributed by atoms with Crippen molar-refractivity contribution in [1.29, 1.82) is 0 Å². The zero-order valence-electron chi connectivity index (χ0n) is 25.6. The minimum Gasteiger partial charge on any atom is -0.340 e. The van der Waals surface area contributed by atoms with E-state index >= 15 is 0 Å². The summed E-state index contributed by atoms with van der Waals surface area (Å²) in [7, 11) is 1.60. The molecule has 4 heterocycles. The normalized spacial score (nSPS) is 16.8. The third kappa shape index (κ3) is 6.25. The molecule has 0 radical (unpaired) electrons. The van der Waals surface area contributed by atoms with Crippen molar-refractivity contribution in [2.45, 2.75) is 45.6 Å². The summed E-state index contributed by atoms with van der Waals surface area (Å²) in [6, 6.07) is 11.6. The molecule has 1 atom stereocenters. The topological polar surface area (TPSA) is 112 Å². The molecule has 2 aliphatic rings. The van der Waals surface area contributed by atoms with E-state index in [0.717, 1.165) is 50.9 Å². The molecule has 1 saturated heterocycles. The van der Waals surface area contributed by atoms with Crippen LogP contribution in [0.25, 0.3) is 11.4 Å². The number of likely N-dealkylation sites (N-methyl/N-ethyl adjacent to an activating group) is 2. The highest BCUT2D eigenvalue weighted by atomic mass is 32.1. The number of carbonyl (C=O) groups is 2. The van der Waals surface area contributed by atoms with Crippen molar-refractivity contribution in [3.63, 3.8) is 0 Å².